The van der Waals surface area contributed by atoms with Crippen molar-refractivity contribution in [3.63, 3.8) is 0 Å². The standard InChI is InChI=1S/C14H10BrFN2O2S/c1-21(19,20)9-3-5-12-13(7-9)18-14(17-12)10-4-2-8(15)6-11(10)16/h2-7H,1H3,(H,17,18). The molecule has 0 aliphatic heterocycles. The molecule has 1 aromatic heterocycles. The first-order valence-electron chi connectivity index (χ1n) is 6.00. The zero-order chi connectivity index (χ0) is 15.2. The summed E-state index contributed by atoms with van der Waals surface area (Å²) in [7, 11) is -3.29. The van der Waals surface area contributed by atoms with Crippen LogP contribution in [0.15, 0.2) is 45.8 Å². The molecule has 0 atom stereocenters. The number of hydrogen-bond donors (Lipinski definition) is 1. The Morgan fingerprint density at radius 3 is 2.62 bits per heavy atom. The Morgan fingerprint density at radius 2 is 1.95 bits per heavy atom. The highest BCUT2D eigenvalue weighted by Gasteiger charge is 2.13. The van der Waals surface area contributed by atoms with Crippen LogP contribution in [0.1, 0.15) is 0 Å². The summed E-state index contributed by atoms with van der Waals surface area (Å²) in [4.78, 5) is 7.44. The van der Waals surface area contributed by atoms with Crippen molar-refractivity contribution in [1.82, 2.24) is 9.97 Å². The molecule has 3 rings (SSSR count). The number of aromatic nitrogens is 2. The summed E-state index contributed by atoms with van der Waals surface area (Å²) in [5.74, 6) is -0.0487. The van der Waals surface area contributed by atoms with Gasteiger partial charge in [0.2, 0.25) is 0 Å². The van der Waals surface area contributed by atoms with Crippen LogP contribution in [0.3, 0.4) is 0 Å². The van der Waals surface area contributed by atoms with E-state index >= 15 is 0 Å². The van der Waals surface area contributed by atoms with Crippen molar-refractivity contribution < 1.29 is 12.8 Å². The highest BCUT2D eigenvalue weighted by molar-refractivity contribution is 9.10. The number of imidazole rings is 1. The molecule has 0 saturated heterocycles. The largest absolute Gasteiger partial charge is 0.338 e. The highest BCUT2D eigenvalue weighted by atomic mass is 79.9. The molecule has 0 radical (unpaired) electrons. The number of hydrogen-bond acceptors (Lipinski definition) is 3. The van der Waals surface area contributed by atoms with Crippen LogP contribution >= 0.6 is 15.9 Å². The Hall–Kier alpha value is -1.73. The van der Waals surface area contributed by atoms with E-state index < -0.39 is 15.7 Å². The van der Waals surface area contributed by atoms with Crippen molar-refractivity contribution in [3.05, 3.63) is 46.7 Å². The van der Waals surface area contributed by atoms with Gasteiger partial charge in [-0.05, 0) is 36.4 Å². The SMILES string of the molecule is CS(=O)(=O)c1ccc2nc(-c3ccc(Br)cc3F)[nH]c2c1. The first-order valence-corrected chi connectivity index (χ1v) is 8.68. The Balaban J connectivity index is 2.17. The predicted octanol–water partition coefficient (Wildman–Crippen LogP) is 3.54. The summed E-state index contributed by atoms with van der Waals surface area (Å²) in [5, 5.41) is 0. The number of nitrogens with one attached hydrogen (secondary N) is 1. The molecule has 0 aliphatic carbocycles. The van der Waals surface area contributed by atoms with Crippen LogP contribution in [-0.4, -0.2) is 24.6 Å². The van der Waals surface area contributed by atoms with Gasteiger partial charge in [0.05, 0.1) is 21.5 Å². The second-order valence-corrected chi connectivity index (χ2v) is 7.59. The molecule has 3 aromatic rings. The van der Waals surface area contributed by atoms with Gasteiger partial charge in [0.15, 0.2) is 9.84 Å². The minimum atomic E-state index is -3.29. The quantitative estimate of drug-likeness (QED) is 0.752. The van der Waals surface area contributed by atoms with E-state index in [4.69, 9.17) is 0 Å². The normalized spacial score (nSPS) is 12.0. The van der Waals surface area contributed by atoms with Gasteiger partial charge in [0.1, 0.15) is 11.6 Å². The van der Waals surface area contributed by atoms with Gasteiger partial charge in [-0.2, -0.15) is 0 Å². The van der Waals surface area contributed by atoms with Crippen molar-refractivity contribution in [2.45, 2.75) is 4.90 Å². The Bertz CT molecular complexity index is 951. The number of nitrogens with zero attached hydrogens (tertiary/aromatic N) is 1. The lowest BCUT2D eigenvalue weighted by Crippen LogP contribution is -1.96. The second kappa shape index (κ2) is 4.92. The van der Waals surface area contributed by atoms with Crippen molar-refractivity contribution in [1.29, 1.82) is 0 Å². The average molecular weight is 369 g/mol. The minimum Gasteiger partial charge on any atom is -0.338 e. The number of H-pyrrole nitrogens is 1. The van der Waals surface area contributed by atoms with Crippen LogP contribution in [0.4, 0.5) is 4.39 Å². The van der Waals surface area contributed by atoms with Gasteiger partial charge in [-0.15, -0.1) is 0 Å². The molecule has 0 aliphatic rings. The fourth-order valence-electron chi connectivity index (χ4n) is 2.03. The molecule has 1 heterocycles. The number of halogens is 2. The van der Waals surface area contributed by atoms with Crippen molar-refractivity contribution in [3.8, 4) is 11.4 Å². The lowest BCUT2D eigenvalue weighted by molar-refractivity contribution is 0.602. The summed E-state index contributed by atoms with van der Waals surface area (Å²) >= 11 is 3.20. The number of fused-ring (bicyclic) bond motifs is 1. The van der Waals surface area contributed by atoms with Crippen LogP contribution in [0.25, 0.3) is 22.4 Å². The van der Waals surface area contributed by atoms with Gasteiger partial charge in [-0.1, -0.05) is 15.9 Å². The predicted molar refractivity (Wildman–Crippen MR) is 82.3 cm³/mol. The third-order valence-electron chi connectivity index (χ3n) is 3.07. The molecule has 21 heavy (non-hydrogen) atoms. The van der Waals surface area contributed by atoms with Gasteiger partial charge >= 0.3 is 0 Å². The first kappa shape index (κ1) is 14.2. The third-order valence-corrected chi connectivity index (χ3v) is 4.67. The van der Waals surface area contributed by atoms with E-state index in [1.54, 1.807) is 18.2 Å². The molecular weight excluding hydrogens is 359 g/mol. The molecule has 4 nitrogen and oxygen atoms in total. The number of benzene rings is 2. The van der Waals surface area contributed by atoms with Crippen molar-refractivity contribution >= 4 is 36.8 Å². The van der Waals surface area contributed by atoms with E-state index in [0.29, 0.717) is 26.9 Å². The smallest absolute Gasteiger partial charge is 0.175 e. The first-order chi connectivity index (χ1) is 9.84. The molecular formula is C14H10BrFN2O2S. The summed E-state index contributed by atoms with van der Waals surface area (Å²) in [5.41, 5.74) is 1.46. The monoisotopic (exact) mass is 368 g/mol. The molecule has 2 aromatic carbocycles. The molecule has 0 unspecified atom stereocenters. The topological polar surface area (TPSA) is 62.8 Å². The van der Waals surface area contributed by atoms with Gasteiger partial charge < -0.3 is 4.98 Å². The van der Waals surface area contributed by atoms with Gasteiger partial charge in [-0.3, -0.25) is 0 Å². The van der Waals surface area contributed by atoms with Crippen molar-refractivity contribution in [2.75, 3.05) is 6.26 Å². The van der Waals surface area contributed by atoms with Crippen LogP contribution in [0.5, 0.6) is 0 Å². The summed E-state index contributed by atoms with van der Waals surface area (Å²) < 4.78 is 37.7. The summed E-state index contributed by atoms with van der Waals surface area (Å²) in [6.45, 7) is 0. The maximum atomic E-state index is 13.9. The van der Waals surface area contributed by atoms with Crippen LogP contribution in [-0.2, 0) is 9.84 Å². The van der Waals surface area contributed by atoms with E-state index in [1.807, 2.05) is 0 Å². The maximum Gasteiger partial charge on any atom is 0.175 e. The minimum absolute atomic E-state index is 0.196. The van der Waals surface area contributed by atoms with Gasteiger partial charge in [0.25, 0.3) is 0 Å². The van der Waals surface area contributed by atoms with Crippen LogP contribution in [0.2, 0.25) is 0 Å². The van der Waals surface area contributed by atoms with E-state index in [9.17, 15) is 12.8 Å². The lowest BCUT2D eigenvalue weighted by atomic mass is 10.2. The molecule has 1 N–H and O–H groups in total. The summed E-state index contributed by atoms with van der Waals surface area (Å²) in [6.07, 6.45) is 1.14. The van der Waals surface area contributed by atoms with E-state index in [1.165, 1.54) is 18.2 Å². The number of aromatic amines is 1. The maximum absolute atomic E-state index is 13.9. The van der Waals surface area contributed by atoms with Gasteiger partial charge in [0, 0.05) is 10.7 Å². The zero-order valence-corrected chi connectivity index (χ0v) is 13.3. The molecule has 0 amide bonds. The Kier molecular flexibility index (Phi) is 3.33. The van der Waals surface area contributed by atoms with E-state index in [0.717, 1.165) is 6.26 Å². The number of rotatable bonds is 2. The fourth-order valence-corrected chi connectivity index (χ4v) is 3.01. The Morgan fingerprint density at radius 1 is 1.19 bits per heavy atom. The summed E-state index contributed by atoms with van der Waals surface area (Å²) in [6, 6.07) is 9.26. The highest BCUT2D eigenvalue weighted by Crippen LogP contribution is 2.26. The average Bonchev–Trinajstić information content (AvgIpc) is 2.79. The van der Waals surface area contributed by atoms with Gasteiger partial charge in [-0.25, -0.2) is 17.8 Å². The fraction of sp³-hybridized carbons (Fsp3) is 0.0714. The molecule has 108 valence electrons. The molecule has 0 bridgehead atoms. The van der Waals surface area contributed by atoms with E-state index in [-0.39, 0.29) is 4.90 Å². The van der Waals surface area contributed by atoms with Crippen molar-refractivity contribution in [2.24, 2.45) is 0 Å². The van der Waals surface area contributed by atoms with Crippen LogP contribution < -0.4 is 0 Å². The molecule has 0 spiro atoms. The second-order valence-electron chi connectivity index (χ2n) is 4.66. The molecule has 0 fully saturated rings. The number of sulfone groups is 1. The lowest BCUT2D eigenvalue weighted by Gasteiger charge is -1.99. The van der Waals surface area contributed by atoms with Crippen LogP contribution in [0, 0.1) is 5.82 Å². The molecule has 7 heteroatoms. The Labute approximate surface area is 129 Å². The van der Waals surface area contributed by atoms with E-state index in [2.05, 4.69) is 25.9 Å². The zero-order valence-electron chi connectivity index (χ0n) is 10.9. The molecule has 0 saturated carbocycles. The third kappa shape index (κ3) is 2.71.